The Bertz CT molecular complexity index is 4240. The van der Waals surface area contributed by atoms with Crippen LogP contribution in [-0.2, 0) is 28.9 Å². The molecular weight excluding hydrogens is 1140 g/mol. The molecule has 8 nitrogen and oxygen atoms in total. The van der Waals surface area contributed by atoms with E-state index >= 15 is 0 Å². The predicted molar refractivity (Wildman–Crippen MR) is 350 cm³/mol. The summed E-state index contributed by atoms with van der Waals surface area (Å²) in [5, 5.41) is 4.98. The van der Waals surface area contributed by atoms with Crippen molar-refractivity contribution in [3.05, 3.63) is 227 Å². The first-order valence-electron chi connectivity index (χ1n) is 28.2. The van der Waals surface area contributed by atoms with Crippen molar-refractivity contribution in [1.82, 2.24) is 28.7 Å². The molecule has 1 saturated heterocycles. The highest BCUT2D eigenvalue weighted by Crippen LogP contribution is 2.38. The van der Waals surface area contributed by atoms with E-state index in [2.05, 4.69) is 294 Å². The maximum atomic E-state index is 6.15. The van der Waals surface area contributed by atoms with Crippen LogP contribution in [0.25, 0.3) is 111 Å². The van der Waals surface area contributed by atoms with E-state index in [-0.39, 0.29) is 18.3 Å². The van der Waals surface area contributed by atoms with E-state index in [4.69, 9.17) is 24.3 Å². The number of aryl methyl sites for hydroxylation is 3. The monoisotopic (exact) mass is 1200 g/mol. The Hall–Kier alpha value is -7.93. The van der Waals surface area contributed by atoms with Crippen molar-refractivity contribution in [3.63, 3.8) is 0 Å². The average Bonchev–Trinajstić information content (AvgIpc) is 4.34. The molecule has 0 N–H and O–H groups in total. The molecule has 0 atom stereocenters. The van der Waals surface area contributed by atoms with Gasteiger partial charge in [0.25, 0.3) is 0 Å². The zero-order chi connectivity index (χ0) is 56.7. The third-order valence-corrected chi connectivity index (χ3v) is 17.2. The number of nitrogens with zero attached hydrogens (tertiary/aromatic N) is 6. The number of rotatable bonds is 9. The number of hydrogen-bond acceptors (Lipinski definition) is 5. The zero-order valence-corrected chi connectivity index (χ0v) is 50.4. The molecule has 1 fully saturated rings. The van der Waals surface area contributed by atoms with Crippen LogP contribution in [0.1, 0.15) is 48.5 Å². The van der Waals surface area contributed by atoms with Gasteiger partial charge in [-0.2, -0.15) is 0 Å². The summed E-state index contributed by atoms with van der Waals surface area (Å²) >= 11 is 6.88. The van der Waals surface area contributed by atoms with Gasteiger partial charge in [-0.3, -0.25) is 0 Å². The van der Waals surface area contributed by atoms with E-state index in [1.54, 1.807) is 0 Å². The van der Waals surface area contributed by atoms with Crippen molar-refractivity contribution in [2.45, 2.75) is 79.3 Å². The minimum atomic E-state index is -0.334. The van der Waals surface area contributed by atoms with Crippen LogP contribution in [0.4, 0.5) is 0 Å². The van der Waals surface area contributed by atoms with Crippen molar-refractivity contribution in [2.24, 2.45) is 0 Å². The second-order valence-corrected chi connectivity index (χ2v) is 23.6. The molecule has 0 saturated carbocycles. The van der Waals surface area contributed by atoms with Crippen LogP contribution in [0.3, 0.4) is 0 Å². The van der Waals surface area contributed by atoms with Crippen LogP contribution >= 0.6 is 31.9 Å². The molecule has 0 radical (unpaired) electrons. The number of para-hydroxylation sites is 6. The molecule has 14 rings (SSSR count). The summed E-state index contributed by atoms with van der Waals surface area (Å²) in [7, 11) is -0.334. The van der Waals surface area contributed by atoms with Crippen LogP contribution in [0.5, 0.6) is 0 Å². The third-order valence-electron chi connectivity index (χ3n) is 16.2. The highest BCUT2D eigenvalue weighted by atomic mass is 79.9. The first kappa shape index (κ1) is 54.7. The summed E-state index contributed by atoms with van der Waals surface area (Å²) in [6.07, 6.45) is 0. The largest absolute Gasteiger partial charge is 0.494 e. The Morgan fingerprint density at radius 2 is 0.659 bits per heavy atom. The number of fused-ring (bicyclic) bond motifs is 5. The molecule has 0 unspecified atom stereocenters. The summed E-state index contributed by atoms with van der Waals surface area (Å²) in [5.74, 6) is 3.02. The van der Waals surface area contributed by atoms with E-state index in [0.717, 1.165) is 84.8 Å². The number of imidazole rings is 3. The summed E-state index contributed by atoms with van der Waals surface area (Å²) in [6.45, 7) is 17.4. The highest BCUT2D eigenvalue weighted by Gasteiger charge is 2.51. The van der Waals surface area contributed by atoms with Gasteiger partial charge in [-0.1, -0.05) is 177 Å². The van der Waals surface area contributed by atoms with Crippen molar-refractivity contribution in [3.8, 4) is 56.4 Å². The normalized spacial score (nSPS) is 13.6. The molecule has 1 aliphatic heterocycles. The Morgan fingerprint density at radius 3 is 1.02 bits per heavy atom. The Morgan fingerprint density at radius 1 is 0.354 bits per heavy atom. The standard InChI is InChI=1S/C40H32N4.C21H25BN2O2.C10H6Br2/c1-3-43-37-11-7-5-9-35(37)41-39(43)30-19-13-27(14-20-30)32-23-17-29-18-24-33(26-34(29)25-32)28-15-21-31(22-16-28)40-42-36-10-6-8-12-38(36)44(40)4-2;1-6-24-18-10-8-7-9-17(18)23-19(24)15-11-13-16(14-12-15)22-25-20(2,3)21(4,5)26-22;11-9-3-1-7-2-4-10(12)6-8(7)5-9/h5-26H,3-4H2,1-2H3;7-14H,6H2,1-5H3;1-6H. The second-order valence-electron chi connectivity index (χ2n) is 21.8. The Kier molecular flexibility index (Phi) is 15.2. The number of halogens is 2. The van der Waals surface area contributed by atoms with Crippen molar-refractivity contribution in [2.75, 3.05) is 0 Å². The minimum absolute atomic E-state index is 0.327. The second kappa shape index (κ2) is 22.8. The molecular formula is C71H63BBr2N6O2. The van der Waals surface area contributed by atoms with E-state index in [1.165, 1.54) is 60.3 Å². The maximum Gasteiger partial charge on any atom is 0.494 e. The van der Waals surface area contributed by atoms with E-state index in [9.17, 15) is 0 Å². The molecule has 1 aliphatic rings. The number of aromatic nitrogens is 6. The van der Waals surface area contributed by atoms with Gasteiger partial charge in [-0.05, 0) is 171 Å². The molecule has 82 heavy (non-hydrogen) atoms. The van der Waals surface area contributed by atoms with Gasteiger partial charge in [0.2, 0.25) is 0 Å². The van der Waals surface area contributed by atoms with Gasteiger partial charge in [0, 0.05) is 45.3 Å². The fourth-order valence-corrected chi connectivity index (χ4v) is 11.8. The minimum Gasteiger partial charge on any atom is -0.399 e. The molecule has 3 aromatic heterocycles. The van der Waals surface area contributed by atoms with Gasteiger partial charge < -0.3 is 23.0 Å². The van der Waals surface area contributed by atoms with E-state index in [1.807, 2.05) is 18.2 Å². The number of hydrogen-bond donors (Lipinski definition) is 0. The molecule has 13 aromatic rings. The fourth-order valence-electron chi connectivity index (χ4n) is 11.0. The van der Waals surface area contributed by atoms with Gasteiger partial charge >= 0.3 is 7.12 Å². The lowest BCUT2D eigenvalue weighted by atomic mass is 9.79. The van der Waals surface area contributed by atoms with Gasteiger partial charge in [-0.15, -0.1) is 0 Å². The SMILES string of the molecule is Brc1ccc2ccc(Br)cc2c1.CCn1c(-c2ccc(-c3ccc4ccc(-c5ccc(-c6nc7ccccc7n6CC)cc5)cc4c3)cc2)nc2ccccc21.CCn1c(-c2ccc(B3OC(C)(C)C(C)(C)O3)cc2)nc2ccccc21. The third kappa shape index (κ3) is 10.7. The van der Waals surface area contributed by atoms with Gasteiger partial charge in [0.15, 0.2) is 0 Å². The molecule has 0 aliphatic carbocycles. The van der Waals surface area contributed by atoms with Gasteiger partial charge in [-0.25, -0.2) is 15.0 Å². The van der Waals surface area contributed by atoms with E-state index in [0.29, 0.717) is 0 Å². The highest BCUT2D eigenvalue weighted by molar-refractivity contribution is 9.10. The Labute approximate surface area is 496 Å². The summed E-state index contributed by atoms with van der Waals surface area (Å²) in [5.41, 5.74) is 15.2. The quantitative estimate of drug-likeness (QED) is 0.135. The lowest BCUT2D eigenvalue weighted by Gasteiger charge is -2.32. The zero-order valence-electron chi connectivity index (χ0n) is 47.2. The van der Waals surface area contributed by atoms with Gasteiger partial charge in [0.1, 0.15) is 17.5 Å². The van der Waals surface area contributed by atoms with Gasteiger partial charge in [0.05, 0.1) is 44.3 Å². The molecule has 406 valence electrons. The molecule has 10 aromatic carbocycles. The molecule has 0 spiro atoms. The van der Waals surface area contributed by atoms with Crippen molar-refractivity contribution in [1.29, 1.82) is 0 Å². The van der Waals surface area contributed by atoms with Crippen LogP contribution in [0, 0.1) is 0 Å². The smallest absolute Gasteiger partial charge is 0.399 e. The Balaban J connectivity index is 0.000000146. The van der Waals surface area contributed by atoms with Crippen molar-refractivity contribution < 1.29 is 9.31 Å². The number of benzene rings is 10. The van der Waals surface area contributed by atoms with E-state index < -0.39 is 0 Å². The lowest BCUT2D eigenvalue weighted by Crippen LogP contribution is -2.41. The molecule has 0 bridgehead atoms. The summed E-state index contributed by atoms with van der Waals surface area (Å²) < 4.78 is 21.3. The maximum absolute atomic E-state index is 6.15. The topological polar surface area (TPSA) is 71.9 Å². The van der Waals surface area contributed by atoms with Crippen LogP contribution in [0.2, 0.25) is 0 Å². The molecule has 4 heterocycles. The van der Waals surface area contributed by atoms with Crippen LogP contribution in [0.15, 0.2) is 227 Å². The summed E-state index contributed by atoms with van der Waals surface area (Å²) in [6, 6.07) is 77.0. The lowest BCUT2D eigenvalue weighted by molar-refractivity contribution is 0.00578. The average molecular weight is 1200 g/mol. The first-order valence-corrected chi connectivity index (χ1v) is 29.8. The van der Waals surface area contributed by atoms with Crippen LogP contribution in [-0.4, -0.2) is 47.0 Å². The predicted octanol–water partition coefficient (Wildman–Crippen LogP) is 18.6. The van der Waals surface area contributed by atoms with Crippen LogP contribution < -0.4 is 5.46 Å². The summed E-state index contributed by atoms with van der Waals surface area (Å²) in [4.78, 5) is 14.7. The first-order chi connectivity index (χ1) is 39.8. The van der Waals surface area contributed by atoms with Crippen molar-refractivity contribution >= 4 is 99.1 Å². The fraction of sp³-hybridized carbons (Fsp3) is 0.169. The molecule has 0 amide bonds. The molecule has 11 heteroatoms.